The molecule has 0 radical (unpaired) electrons. The number of esters is 1. The Kier molecular flexibility index (Phi) is 5.07. The molecule has 130 valence electrons. The quantitative estimate of drug-likeness (QED) is 0.796. The number of fused-ring (bicyclic) bond motifs is 1. The van der Waals surface area contributed by atoms with Crippen LogP contribution in [0.1, 0.15) is 38.7 Å². The molecule has 0 aliphatic carbocycles. The topological polar surface area (TPSA) is 55.8 Å². The summed E-state index contributed by atoms with van der Waals surface area (Å²) < 4.78 is 11.0. The van der Waals surface area contributed by atoms with Crippen molar-refractivity contribution in [2.75, 3.05) is 13.1 Å². The molecule has 0 spiro atoms. The lowest BCUT2D eigenvalue weighted by molar-refractivity contribution is -0.150. The number of piperidine rings is 1. The molecule has 3 rings (SSSR count). The van der Waals surface area contributed by atoms with E-state index in [2.05, 4.69) is 0 Å². The molecule has 2 atom stereocenters. The SMILES string of the molecule is CC(C)OC(=O)C[C@@H]1CCCN(C(=O)[C@H]2Cc3ccccc3O2)C1. The van der Waals surface area contributed by atoms with Crippen LogP contribution in [0.15, 0.2) is 24.3 Å². The minimum Gasteiger partial charge on any atom is -0.480 e. The van der Waals surface area contributed by atoms with E-state index >= 15 is 0 Å². The zero-order valence-electron chi connectivity index (χ0n) is 14.4. The summed E-state index contributed by atoms with van der Waals surface area (Å²) in [6.07, 6.45) is 2.38. The maximum atomic E-state index is 12.8. The van der Waals surface area contributed by atoms with Crippen molar-refractivity contribution in [1.29, 1.82) is 0 Å². The smallest absolute Gasteiger partial charge is 0.306 e. The lowest BCUT2D eigenvalue weighted by Gasteiger charge is -2.33. The molecule has 2 aliphatic heterocycles. The number of carbonyl (C=O) groups excluding carboxylic acids is 2. The lowest BCUT2D eigenvalue weighted by atomic mass is 9.94. The first-order valence-electron chi connectivity index (χ1n) is 8.75. The Hall–Kier alpha value is -2.04. The van der Waals surface area contributed by atoms with Gasteiger partial charge in [0.05, 0.1) is 12.5 Å². The third-order valence-corrected chi connectivity index (χ3v) is 4.58. The predicted octanol–water partition coefficient (Wildman–Crippen LogP) is 2.57. The van der Waals surface area contributed by atoms with E-state index in [1.54, 1.807) is 0 Å². The number of ether oxygens (including phenoxy) is 2. The van der Waals surface area contributed by atoms with Crippen molar-refractivity contribution >= 4 is 11.9 Å². The zero-order valence-corrected chi connectivity index (χ0v) is 14.4. The van der Waals surface area contributed by atoms with Crippen molar-refractivity contribution in [2.45, 2.75) is 51.7 Å². The maximum Gasteiger partial charge on any atom is 0.306 e. The van der Waals surface area contributed by atoms with Crippen molar-refractivity contribution < 1.29 is 19.1 Å². The van der Waals surface area contributed by atoms with Gasteiger partial charge in [0, 0.05) is 19.5 Å². The first-order valence-corrected chi connectivity index (χ1v) is 8.75. The number of likely N-dealkylation sites (tertiary alicyclic amines) is 1. The molecule has 0 saturated carbocycles. The minimum absolute atomic E-state index is 0.0353. The lowest BCUT2D eigenvalue weighted by Crippen LogP contribution is -2.46. The predicted molar refractivity (Wildman–Crippen MR) is 89.7 cm³/mol. The summed E-state index contributed by atoms with van der Waals surface area (Å²) in [5.41, 5.74) is 1.09. The highest BCUT2D eigenvalue weighted by Gasteiger charge is 2.34. The Labute approximate surface area is 142 Å². The number of benzene rings is 1. The fourth-order valence-electron chi connectivity index (χ4n) is 3.50. The molecule has 0 aromatic heterocycles. The fourth-order valence-corrected chi connectivity index (χ4v) is 3.50. The number of rotatable bonds is 4. The standard InChI is InChI=1S/C19H25NO4/c1-13(2)23-18(21)10-14-6-5-9-20(12-14)19(22)17-11-15-7-3-4-8-16(15)24-17/h3-4,7-8,13-14,17H,5-6,9-12H2,1-2H3/t14-,17+/m0/s1. The highest BCUT2D eigenvalue weighted by Crippen LogP contribution is 2.30. The highest BCUT2D eigenvalue weighted by atomic mass is 16.5. The minimum atomic E-state index is -0.427. The molecule has 1 amide bonds. The largest absolute Gasteiger partial charge is 0.480 e. The van der Waals surface area contributed by atoms with E-state index in [9.17, 15) is 9.59 Å². The van der Waals surface area contributed by atoms with Crippen LogP contribution in [0.3, 0.4) is 0 Å². The van der Waals surface area contributed by atoms with Crippen molar-refractivity contribution in [2.24, 2.45) is 5.92 Å². The Balaban J connectivity index is 1.55. The van der Waals surface area contributed by atoms with Gasteiger partial charge >= 0.3 is 5.97 Å². The monoisotopic (exact) mass is 331 g/mol. The van der Waals surface area contributed by atoms with E-state index in [0.717, 1.165) is 30.7 Å². The van der Waals surface area contributed by atoms with Crippen molar-refractivity contribution in [3.63, 3.8) is 0 Å². The Morgan fingerprint density at radius 3 is 2.88 bits per heavy atom. The first kappa shape index (κ1) is 16.8. The molecule has 0 unspecified atom stereocenters. The highest BCUT2D eigenvalue weighted by molar-refractivity contribution is 5.83. The van der Waals surface area contributed by atoms with Crippen LogP contribution in [0, 0.1) is 5.92 Å². The number of hydrogen-bond donors (Lipinski definition) is 0. The zero-order chi connectivity index (χ0) is 17.1. The van der Waals surface area contributed by atoms with Crippen molar-refractivity contribution in [3.8, 4) is 5.75 Å². The third kappa shape index (κ3) is 3.89. The molecular weight excluding hydrogens is 306 g/mol. The van der Waals surface area contributed by atoms with Crippen molar-refractivity contribution in [1.82, 2.24) is 4.90 Å². The van der Waals surface area contributed by atoms with E-state index in [0.29, 0.717) is 19.4 Å². The Bertz CT molecular complexity index is 588. The fraction of sp³-hybridized carbons (Fsp3) is 0.579. The normalized spacial score (nSPS) is 22.9. The van der Waals surface area contributed by atoms with Gasteiger partial charge in [0.15, 0.2) is 6.10 Å². The number of carbonyl (C=O) groups is 2. The average molecular weight is 331 g/mol. The van der Waals surface area contributed by atoms with Gasteiger partial charge in [0.2, 0.25) is 0 Å². The van der Waals surface area contributed by atoms with Crippen LogP contribution >= 0.6 is 0 Å². The second kappa shape index (κ2) is 7.24. The van der Waals surface area contributed by atoms with Crippen LogP contribution in [0.5, 0.6) is 5.75 Å². The van der Waals surface area contributed by atoms with E-state index in [1.165, 1.54) is 0 Å². The van der Waals surface area contributed by atoms with Gasteiger partial charge in [0.25, 0.3) is 5.91 Å². The van der Waals surface area contributed by atoms with Crippen LogP contribution in [0.4, 0.5) is 0 Å². The second-order valence-electron chi connectivity index (χ2n) is 6.95. The van der Waals surface area contributed by atoms with Gasteiger partial charge in [-0.05, 0) is 44.2 Å². The average Bonchev–Trinajstić information content (AvgIpc) is 2.97. The first-order chi connectivity index (χ1) is 11.5. The molecule has 5 nitrogen and oxygen atoms in total. The van der Waals surface area contributed by atoms with Crippen LogP contribution in [-0.2, 0) is 20.7 Å². The molecule has 1 aromatic carbocycles. The molecule has 1 fully saturated rings. The van der Waals surface area contributed by atoms with Gasteiger partial charge in [0.1, 0.15) is 5.75 Å². The number of hydrogen-bond acceptors (Lipinski definition) is 4. The van der Waals surface area contributed by atoms with E-state index < -0.39 is 6.10 Å². The van der Waals surface area contributed by atoms with E-state index in [1.807, 2.05) is 43.0 Å². The van der Waals surface area contributed by atoms with Crippen LogP contribution in [0.2, 0.25) is 0 Å². The summed E-state index contributed by atoms with van der Waals surface area (Å²) in [4.78, 5) is 26.5. The summed E-state index contributed by atoms with van der Waals surface area (Å²) in [6, 6.07) is 7.79. The van der Waals surface area contributed by atoms with Gasteiger partial charge < -0.3 is 14.4 Å². The van der Waals surface area contributed by atoms with Gasteiger partial charge in [-0.25, -0.2) is 0 Å². The summed E-state index contributed by atoms with van der Waals surface area (Å²) in [5, 5.41) is 0. The molecular formula is C19H25NO4. The Morgan fingerprint density at radius 1 is 1.33 bits per heavy atom. The summed E-state index contributed by atoms with van der Waals surface area (Å²) in [7, 11) is 0. The molecule has 2 heterocycles. The van der Waals surface area contributed by atoms with Crippen LogP contribution in [0.25, 0.3) is 0 Å². The summed E-state index contributed by atoms with van der Waals surface area (Å²) >= 11 is 0. The molecule has 0 bridgehead atoms. The van der Waals surface area contributed by atoms with Crippen LogP contribution in [-0.4, -0.2) is 42.1 Å². The van der Waals surface area contributed by atoms with Gasteiger partial charge in [-0.1, -0.05) is 18.2 Å². The number of para-hydroxylation sites is 1. The molecule has 1 aromatic rings. The number of nitrogens with zero attached hydrogens (tertiary/aromatic N) is 1. The summed E-state index contributed by atoms with van der Waals surface area (Å²) in [5.74, 6) is 0.851. The molecule has 0 N–H and O–H groups in total. The molecule has 2 aliphatic rings. The van der Waals surface area contributed by atoms with E-state index in [-0.39, 0.29) is 23.9 Å². The van der Waals surface area contributed by atoms with Crippen LogP contribution < -0.4 is 4.74 Å². The molecule has 24 heavy (non-hydrogen) atoms. The molecule has 1 saturated heterocycles. The number of amides is 1. The van der Waals surface area contributed by atoms with Gasteiger partial charge in [-0.2, -0.15) is 0 Å². The Morgan fingerprint density at radius 2 is 2.12 bits per heavy atom. The maximum absolute atomic E-state index is 12.8. The molecule has 5 heteroatoms. The van der Waals surface area contributed by atoms with Gasteiger partial charge in [-0.15, -0.1) is 0 Å². The van der Waals surface area contributed by atoms with E-state index in [4.69, 9.17) is 9.47 Å². The third-order valence-electron chi connectivity index (χ3n) is 4.58. The second-order valence-corrected chi connectivity index (χ2v) is 6.95. The summed E-state index contributed by atoms with van der Waals surface area (Å²) in [6.45, 7) is 5.06. The van der Waals surface area contributed by atoms with Crippen molar-refractivity contribution in [3.05, 3.63) is 29.8 Å². The van der Waals surface area contributed by atoms with Gasteiger partial charge in [-0.3, -0.25) is 9.59 Å².